The molecular formula is C15H20Cl2N2O2. The van der Waals surface area contributed by atoms with Gasteiger partial charge in [0.15, 0.2) is 0 Å². The van der Waals surface area contributed by atoms with E-state index in [2.05, 4.69) is 17.1 Å². The normalized spacial score (nSPS) is 21.0. The second kappa shape index (κ2) is 7.45. The van der Waals surface area contributed by atoms with Crippen LogP contribution in [-0.4, -0.2) is 43.2 Å². The Hall–Kier alpha value is -0.810. The molecule has 2 atom stereocenters. The van der Waals surface area contributed by atoms with Crippen LogP contribution in [0.15, 0.2) is 18.2 Å². The average Bonchev–Trinajstić information content (AvgIpc) is 2.49. The summed E-state index contributed by atoms with van der Waals surface area (Å²) in [6, 6.07) is 5.39. The molecule has 116 valence electrons. The minimum Gasteiger partial charge on any atom is -0.465 e. The SMILES string of the molecule is CCOC(=O)C1CNCCN1C(C)c1ccc(Cl)c(Cl)c1. The molecule has 0 amide bonds. The summed E-state index contributed by atoms with van der Waals surface area (Å²) in [5.74, 6) is -0.184. The number of nitrogens with zero attached hydrogens (tertiary/aromatic N) is 1. The molecule has 2 unspecified atom stereocenters. The van der Waals surface area contributed by atoms with Crippen LogP contribution in [0.25, 0.3) is 0 Å². The number of halogens is 2. The Labute approximate surface area is 135 Å². The van der Waals surface area contributed by atoms with Crippen molar-refractivity contribution in [2.75, 3.05) is 26.2 Å². The smallest absolute Gasteiger partial charge is 0.324 e. The zero-order valence-corrected chi connectivity index (χ0v) is 13.7. The number of carbonyl (C=O) groups is 1. The fourth-order valence-corrected chi connectivity index (χ4v) is 2.91. The van der Waals surface area contributed by atoms with Crippen LogP contribution < -0.4 is 5.32 Å². The lowest BCUT2D eigenvalue weighted by Gasteiger charge is -2.38. The van der Waals surface area contributed by atoms with E-state index in [9.17, 15) is 4.79 Å². The Balaban J connectivity index is 2.19. The second-order valence-corrected chi connectivity index (χ2v) is 5.87. The highest BCUT2D eigenvalue weighted by Crippen LogP contribution is 2.29. The molecule has 0 aliphatic carbocycles. The molecule has 6 heteroatoms. The minimum absolute atomic E-state index is 0.0660. The van der Waals surface area contributed by atoms with Gasteiger partial charge in [-0.3, -0.25) is 9.69 Å². The molecule has 1 heterocycles. The minimum atomic E-state index is -0.275. The predicted octanol–water partition coefficient (Wildman–Crippen LogP) is 2.89. The fourth-order valence-electron chi connectivity index (χ4n) is 2.60. The first kappa shape index (κ1) is 16.6. The number of nitrogens with one attached hydrogen (secondary N) is 1. The molecule has 0 radical (unpaired) electrons. The third-order valence-corrected chi connectivity index (χ3v) is 4.51. The lowest BCUT2D eigenvalue weighted by Crippen LogP contribution is -2.55. The van der Waals surface area contributed by atoms with Gasteiger partial charge in [-0.25, -0.2) is 0 Å². The van der Waals surface area contributed by atoms with E-state index < -0.39 is 0 Å². The van der Waals surface area contributed by atoms with Gasteiger partial charge in [0.05, 0.1) is 16.7 Å². The molecule has 1 aliphatic heterocycles. The molecule has 0 saturated carbocycles. The van der Waals surface area contributed by atoms with Gasteiger partial charge in [0, 0.05) is 25.7 Å². The van der Waals surface area contributed by atoms with Crippen LogP contribution >= 0.6 is 23.2 Å². The number of ether oxygens (including phenoxy) is 1. The molecular weight excluding hydrogens is 311 g/mol. The Bertz CT molecular complexity index is 510. The highest BCUT2D eigenvalue weighted by atomic mass is 35.5. The molecule has 1 aromatic carbocycles. The van der Waals surface area contributed by atoms with Crippen LogP contribution in [0.5, 0.6) is 0 Å². The summed E-state index contributed by atoms with van der Waals surface area (Å²) in [4.78, 5) is 14.3. The van der Waals surface area contributed by atoms with E-state index in [1.165, 1.54) is 0 Å². The van der Waals surface area contributed by atoms with E-state index in [0.717, 1.165) is 18.7 Å². The average molecular weight is 331 g/mol. The number of rotatable bonds is 4. The van der Waals surface area contributed by atoms with Gasteiger partial charge < -0.3 is 10.1 Å². The van der Waals surface area contributed by atoms with Crippen LogP contribution in [0.4, 0.5) is 0 Å². The first-order chi connectivity index (χ1) is 10.0. The van der Waals surface area contributed by atoms with Crippen LogP contribution in [-0.2, 0) is 9.53 Å². The number of benzene rings is 1. The van der Waals surface area contributed by atoms with Crippen molar-refractivity contribution < 1.29 is 9.53 Å². The highest BCUT2D eigenvalue weighted by Gasteiger charge is 2.33. The van der Waals surface area contributed by atoms with Crippen molar-refractivity contribution in [3.63, 3.8) is 0 Å². The maximum atomic E-state index is 12.1. The van der Waals surface area contributed by atoms with Crippen molar-refractivity contribution in [2.45, 2.75) is 25.9 Å². The monoisotopic (exact) mass is 330 g/mol. The second-order valence-electron chi connectivity index (χ2n) is 5.06. The molecule has 1 aromatic rings. The van der Waals surface area contributed by atoms with Crippen molar-refractivity contribution in [2.24, 2.45) is 0 Å². The van der Waals surface area contributed by atoms with Crippen LogP contribution in [0, 0.1) is 0 Å². The number of esters is 1. The molecule has 1 aliphatic rings. The van der Waals surface area contributed by atoms with E-state index in [1.54, 1.807) is 6.07 Å². The van der Waals surface area contributed by atoms with Gasteiger partial charge in [-0.05, 0) is 31.5 Å². The summed E-state index contributed by atoms with van der Waals surface area (Å²) in [6.07, 6.45) is 0. The zero-order valence-electron chi connectivity index (χ0n) is 12.2. The molecule has 1 N–H and O–H groups in total. The van der Waals surface area contributed by atoms with Gasteiger partial charge in [0.2, 0.25) is 0 Å². The molecule has 4 nitrogen and oxygen atoms in total. The van der Waals surface area contributed by atoms with Crippen molar-refractivity contribution in [3.05, 3.63) is 33.8 Å². The summed E-state index contributed by atoms with van der Waals surface area (Å²) in [5, 5.41) is 4.31. The van der Waals surface area contributed by atoms with Gasteiger partial charge in [-0.15, -0.1) is 0 Å². The first-order valence-electron chi connectivity index (χ1n) is 7.12. The molecule has 21 heavy (non-hydrogen) atoms. The van der Waals surface area contributed by atoms with Crippen molar-refractivity contribution >= 4 is 29.2 Å². The summed E-state index contributed by atoms with van der Waals surface area (Å²) in [7, 11) is 0. The van der Waals surface area contributed by atoms with Crippen LogP contribution in [0.2, 0.25) is 10.0 Å². The lowest BCUT2D eigenvalue weighted by molar-refractivity contribution is -0.151. The Morgan fingerprint density at radius 3 is 2.90 bits per heavy atom. The van der Waals surface area contributed by atoms with E-state index >= 15 is 0 Å². The van der Waals surface area contributed by atoms with Gasteiger partial charge in [0.25, 0.3) is 0 Å². The van der Waals surface area contributed by atoms with Crippen molar-refractivity contribution in [3.8, 4) is 0 Å². The summed E-state index contributed by atoms with van der Waals surface area (Å²) in [5.41, 5.74) is 1.04. The van der Waals surface area contributed by atoms with Gasteiger partial charge in [-0.1, -0.05) is 29.3 Å². The summed E-state index contributed by atoms with van der Waals surface area (Å²) >= 11 is 12.1. The number of hydrogen-bond acceptors (Lipinski definition) is 4. The molecule has 0 aromatic heterocycles. The lowest BCUT2D eigenvalue weighted by atomic mass is 10.0. The summed E-state index contributed by atoms with van der Waals surface area (Å²) < 4.78 is 5.17. The van der Waals surface area contributed by atoms with Crippen LogP contribution in [0.1, 0.15) is 25.5 Å². The number of hydrogen-bond donors (Lipinski definition) is 1. The molecule has 1 fully saturated rings. The Morgan fingerprint density at radius 1 is 1.48 bits per heavy atom. The quantitative estimate of drug-likeness (QED) is 0.862. The van der Waals surface area contributed by atoms with Crippen molar-refractivity contribution in [1.82, 2.24) is 10.2 Å². The largest absolute Gasteiger partial charge is 0.465 e. The third-order valence-electron chi connectivity index (χ3n) is 3.77. The molecule has 2 rings (SSSR count). The first-order valence-corrected chi connectivity index (χ1v) is 7.88. The molecule has 0 spiro atoms. The van der Waals surface area contributed by atoms with Crippen molar-refractivity contribution in [1.29, 1.82) is 0 Å². The molecule has 1 saturated heterocycles. The maximum absolute atomic E-state index is 12.1. The van der Waals surface area contributed by atoms with E-state index in [0.29, 0.717) is 23.2 Å². The third kappa shape index (κ3) is 3.89. The number of piperazine rings is 1. The standard InChI is InChI=1S/C15H20Cl2N2O2/c1-3-21-15(20)14-9-18-6-7-19(14)10(2)11-4-5-12(16)13(17)8-11/h4-5,8,10,14,18H,3,6-7,9H2,1-2H3. The van der Waals surface area contributed by atoms with Gasteiger partial charge in [0.1, 0.15) is 6.04 Å². The fraction of sp³-hybridized carbons (Fsp3) is 0.533. The topological polar surface area (TPSA) is 41.6 Å². The Morgan fingerprint density at radius 2 is 2.24 bits per heavy atom. The zero-order chi connectivity index (χ0) is 15.4. The predicted molar refractivity (Wildman–Crippen MR) is 84.9 cm³/mol. The van der Waals surface area contributed by atoms with Gasteiger partial charge in [-0.2, -0.15) is 0 Å². The summed E-state index contributed by atoms with van der Waals surface area (Å²) in [6.45, 7) is 6.51. The number of carbonyl (C=O) groups excluding carboxylic acids is 1. The van der Waals surface area contributed by atoms with E-state index in [1.807, 2.05) is 19.1 Å². The highest BCUT2D eigenvalue weighted by molar-refractivity contribution is 6.42. The Kier molecular flexibility index (Phi) is 5.88. The van der Waals surface area contributed by atoms with E-state index in [4.69, 9.17) is 27.9 Å². The molecule has 0 bridgehead atoms. The van der Waals surface area contributed by atoms with Gasteiger partial charge >= 0.3 is 5.97 Å². The van der Waals surface area contributed by atoms with E-state index in [-0.39, 0.29) is 18.1 Å². The van der Waals surface area contributed by atoms with Crippen LogP contribution in [0.3, 0.4) is 0 Å². The maximum Gasteiger partial charge on any atom is 0.324 e.